The Hall–Kier alpha value is -3.51. The van der Waals surface area contributed by atoms with Crippen LogP contribution in [0.2, 0.25) is 0 Å². The molecule has 0 fully saturated rings. The number of nitrogens with one attached hydrogen (secondary N) is 2. The minimum Gasteiger partial charge on any atom is -0.493 e. The Kier molecular flexibility index (Phi) is 9.98. The van der Waals surface area contributed by atoms with Gasteiger partial charge in [-0.1, -0.05) is 30.8 Å². The second kappa shape index (κ2) is 13.4. The molecule has 0 saturated carbocycles. The first kappa shape index (κ1) is 30.4. The molecule has 1 aliphatic rings. The van der Waals surface area contributed by atoms with E-state index in [1.165, 1.54) is 18.9 Å². The number of hydrogen-bond acceptors (Lipinski definition) is 8. The Labute approximate surface area is 253 Å². The van der Waals surface area contributed by atoms with Crippen LogP contribution in [0, 0.1) is 6.92 Å². The van der Waals surface area contributed by atoms with E-state index in [2.05, 4.69) is 31.5 Å². The minimum atomic E-state index is -0.619. The second-order valence-electron chi connectivity index (χ2n) is 9.37. The molecule has 1 unspecified atom stereocenters. The highest BCUT2D eigenvalue weighted by molar-refractivity contribution is 9.10. The van der Waals surface area contributed by atoms with E-state index in [4.69, 9.17) is 14.6 Å². The number of anilines is 2. The molecule has 2 amide bonds. The van der Waals surface area contributed by atoms with Crippen molar-refractivity contribution >= 4 is 51.1 Å². The first-order chi connectivity index (χ1) is 19.7. The molecule has 0 saturated heterocycles. The summed E-state index contributed by atoms with van der Waals surface area (Å²) in [6, 6.07) is 10.7. The lowest BCUT2D eigenvalue weighted by atomic mass is 9.94. The molecule has 0 aliphatic carbocycles. The van der Waals surface area contributed by atoms with Crippen molar-refractivity contribution in [3.05, 3.63) is 63.3 Å². The van der Waals surface area contributed by atoms with E-state index in [1.54, 1.807) is 9.58 Å². The van der Waals surface area contributed by atoms with Gasteiger partial charge >= 0.3 is 0 Å². The van der Waals surface area contributed by atoms with Gasteiger partial charge in [-0.2, -0.15) is 4.98 Å². The number of nitrogens with zero attached hydrogens (tertiary/aromatic N) is 4. The third-order valence-electron chi connectivity index (χ3n) is 6.65. The fourth-order valence-corrected chi connectivity index (χ4v) is 5.81. The van der Waals surface area contributed by atoms with Gasteiger partial charge in [-0.15, -0.1) is 5.10 Å². The van der Waals surface area contributed by atoms with Gasteiger partial charge in [0.05, 0.1) is 17.2 Å². The number of methoxy groups -OCH3 is 1. The molecule has 0 bridgehead atoms. The van der Waals surface area contributed by atoms with E-state index in [-0.39, 0.29) is 18.4 Å². The molecule has 41 heavy (non-hydrogen) atoms. The molecule has 10 nitrogen and oxygen atoms in total. The van der Waals surface area contributed by atoms with Gasteiger partial charge in [0, 0.05) is 24.5 Å². The number of fused-ring (bicyclic) bond motifs is 1. The van der Waals surface area contributed by atoms with Crippen LogP contribution in [0.15, 0.2) is 57.3 Å². The number of aryl methyl sites for hydroxylation is 1. The van der Waals surface area contributed by atoms with Crippen LogP contribution in [0.3, 0.4) is 0 Å². The van der Waals surface area contributed by atoms with Gasteiger partial charge in [0.2, 0.25) is 11.1 Å². The molecule has 0 radical (unpaired) electrons. The highest BCUT2D eigenvalue weighted by Gasteiger charge is 2.35. The number of thioether (sulfide) groups is 1. The average Bonchev–Trinajstić information content (AvgIpc) is 3.33. The summed E-state index contributed by atoms with van der Waals surface area (Å²) in [5.41, 5.74) is 3.60. The first-order valence-corrected chi connectivity index (χ1v) is 15.2. The average molecular weight is 644 g/mol. The van der Waals surface area contributed by atoms with E-state index in [0.29, 0.717) is 57.1 Å². The molecule has 1 aromatic heterocycles. The van der Waals surface area contributed by atoms with Crippen molar-refractivity contribution in [1.29, 1.82) is 0 Å². The van der Waals surface area contributed by atoms with Crippen LogP contribution in [-0.4, -0.2) is 64.0 Å². The van der Waals surface area contributed by atoms with Crippen LogP contribution in [0.1, 0.15) is 44.9 Å². The molecule has 3 aromatic rings. The van der Waals surface area contributed by atoms with Crippen LogP contribution in [0.4, 0.5) is 11.6 Å². The highest BCUT2D eigenvalue weighted by atomic mass is 79.9. The zero-order valence-electron chi connectivity index (χ0n) is 24.1. The van der Waals surface area contributed by atoms with Crippen LogP contribution < -0.4 is 20.1 Å². The maximum Gasteiger partial charge on any atom is 0.260 e. The van der Waals surface area contributed by atoms with E-state index >= 15 is 0 Å². The van der Waals surface area contributed by atoms with E-state index in [0.717, 1.165) is 16.9 Å². The Morgan fingerprint density at radius 3 is 2.59 bits per heavy atom. The van der Waals surface area contributed by atoms with Crippen LogP contribution in [-0.2, 0) is 9.59 Å². The SMILES string of the molecule is CCSc1nc2n(n1)C(c1cc(Br)c(OCC(=O)N(CC)CC)c(OC)c1)C(C(=O)Nc1cccc(C)c1)=C(C)N2. The van der Waals surface area contributed by atoms with Crippen LogP contribution in [0.5, 0.6) is 11.5 Å². The predicted molar refractivity (Wildman–Crippen MR) is 165 cm³/mol. The van der Waals surface area contributed by atoms with E-state index < -0.39 is 6.04 Å². The third-order valence-corrected chi connectivity index (χ3v) is 7.96. The smallest absolute Gasteiger partial charge is 0.260 e. The molecule has 0 spiro atoms. The number of hydrogen-bond donors (Lipinski definition) is 2. The number of likely N-dealkylation sites (N-methyl/N-ethyl adjacent to an activating group) is 1. The summed E-state index contributed by atoms with van der Waals surface area (Å²) in [6.07, 6.45) is 0. The summed E-state index contributed by atoms with van der Waals surface area (Å²) in [5, 5.41) is 11.7. The fraction of sp³-hybridized carbons (Fsp3) is 0.379. The van der Waals surface area contributed by atoms with Gasteiger partial charge in [0.1, 0.15) is 6.04 Å². The summed E-state index contributed by atoms with van der Waals surface area (Å²) >= 11 is 5.14. The molecule has 1 atom stereocenters. The minimum absolute atomic E-state index is 0.117. The van der Waals surface area contributed by atoms with E-state index in [1.807, 2.05) is 71.0 Å². The third kappa shape index (κ3) is 6.70. The Morgan fingerprint density at radius 2 is 1.93 bits per heavy atom. The van der Waals surface area contributed by atoms with Gasteiger partial charge in [-0.25, -0.2) is 4.68 Å². The van der Waals surface area contributed by atoms with Crippen molar-refractivity contribution in [1.82, 2.24) is 19.7 Å². The number of carbonyl (C=O) groups is 2. The van der Waals surface area contributed by atoms with Crippen molar-refractivity contribution in [2.45, 2.75) is 45.8 Å². The molecule has 12 heteroatoms. The largest absolute Gasteiger partial charge is 0.493 e. The van der Waals surface area contributed by atoms with Gasteiger partial charge in [0.25, 0.3) is 11.8 Å². The highest BCUT2D eigenvalue weighted by Crippen LogP contribution is 2.43. The molecule has 2 N–H and O–H groups in total. The quantitative estimate of drug-likeness (QED) is 0.258. The zero-order chi connectivity index (χ0) is 29.7. The maximum atomic E-state index is 13.8. The molecule has 1 aliphatic heterocycles. The van der Waals surface area contributed by atoms with Crippen LogP contribution in [0.25, 0.3) is 0 Å². The Bertz CT molecular complexity index is 1470. The number of ether oxygens (including phenoxy) is 2. The van der Waals surface area contributed by atoms with Crippen LogP contribution >= 0.6 is 27.7 Å². The normalized spacial score (nSPS) is 14.3. The summed E-state index contributed by atoms with van der Waals surface area (Å²) in [5.74, 6) is 1.78. The molecular formula is C29H35BrN6O4S. The molecule has 4 rings (SSSR count). The Balaban J connectivity index is 1.76. The summed E-state index contributed by atoms with van der Waals surface area (Å²) < 4.78 is 13.9. The number of carbonyl (C=O) groups excluding carboxylic acids is 2. The summed E-state index contributed by atoms with van der Waals surface area (Å²) in [6.45, 7) is 10.8. The van der Waals surface area contributed by atoms with Crippen molar-refractivity contribution in [2.24, 2.45) is 0 Å². The monoisotopic (exact) mass is 642 g/mol. The zero-order valence-corrected chi connectivity index (χ0v) is 26.5. The predicted octanol–water partition coefficient (Wildman–Crippen LogP) is 5.64. The molecular weight excluding hydrogens is 608 g/mol. The summed E-state index contributed by atoms with van der Waals surface area (Å²) in [7, 11) is 1.54. The fourth-order valence-electron chi connectivity index (χ4n) is 4.68. The van der Waals surface area contributed by atoms with Gasteiger partial charge in [-0.05, 0) is 84.8 Å². The first-order valence-electron chi connectivity index (χ1n) is 13.4. The molecule has 218 valence electrons. The maximum absolute atomic E-state index is 13.8. The standard InChI is InChI=1S/C29H35BrN6O4S/c1-7-35(8-2)23(37)16-40-26-21(30)14-19(15-22(26)39-6)25-24(27(38)32-20-12-10-11-17(4)13-20)18(5)31-28-33-29(41-9-3)34-36(25)28/h10-15,25H,7-9,16H2,1-6H3,(H,32,38)(H,31,33,34). The van der Waals surface area contributed by atoms with Gasteiger partial charge in [-0.3, -0.25) is 9.59 Å². The number of amides is 2. The van der Waals surface area contributed by atoms with Gasteiger partial charge in [0.15, 0.2) is 18.1 Å². The lowest BCUT2D eigenvalue weighted by Gasteiger charge is -2.29. The second-order valence-corrected chi connectivity index (χ2v) is 11.5. The molecule has 2 heterocycles. The Morgan fingerprint density at radius 1 is 1.17 bits per heavy atom. The number of aromatic nitrogens is 3. The van der Waals surface area contributed by atoms with Crippen molar-refractivity contribution in [3.63, 3.8) is 0 Å². The number of halogens is 1. The number of benzene rings is 2. The topological polar surface area (TPSA) is 111 Å². The van der Waals surface area contributed by atoms with Crippen molar-refractivity contribution in [2.75, 3.05) is 43.2 Å². The van der Waals surface area contributed by atoms with E-state index in [9.17, 15) is 9.59 Å². The molecule has 2 aromatic carbocycles. The lowest BCUT2D eigenvalue weighted by molar-refractivity contribution is -0.133. The van der Waals surface area contributed by atoms with Crippen molar-refractivity contribution < 1.29 is 19.1 Å². The van der Waals surface area contributed by atoms with Gasteiger partial charge < -0.3 is 25.0 Å². The lowest BCUT2D eigenvalue weighted by Crippen LogP contribution is -2.34. The summed E-state index contributed by atoms with van der Waals surface area (Å²) in [4.78, 5) is 32.8. The number of allylic oxidation sites excluding steroid dienone is 1. The number of rotatable bonds is 11. The van der Waals surface area contributed by atoms with Crippen molar-refractivity contribution in [3.8, 4) is 11.5 Å².